The summed E-state index contributed by atoms with van der Waals surface area (Å²) >= 11 is 2.00. The van der Waals surface area contributed by atoms with Gasteiger partial charge in [-0.1, -0.05) is 34.1 Å². The highest BCUT2D eigenvalue weighted by molar-refractivity contribution is 14.1. The van der Waals surface area contributed by atoms with E-state index in [1.54, 1.807) is 12.1 Å². The minimum absolute atomic E-state index is 0.0122. The second-order valence-electron chi connectivity index (χ2n) is 2.85. The van der Waals surface area contributed by atoms with E-state index >= 15 is 0 Å². The standard InChI is InChI=1S/C10H10BIO3/c1-14-9-4-10(15-2)7(11)3-6(9)8(13)5-12/h3-4H,5H2,1-2H3. The van der Waals surface area contributed by atoms with Crippen LogP contribution in [0.4, 0.5) is 0 Å². The van der Waals surface area contributed by atoms with Crippen molar-refractivity contribution in [3.05, 3.63) is 17.7 Å². The van der Waals surface area contributed by atoms with E-state index in [-0.39, 0.29) is 5.78 Å². The van der Waals surface area contributed by atoms with Crippen molar-refractivity contribution in [3.63, 3.8) is 0 Å². The molecular formula is C10H10BIO3. The van der Waals surface area contributed by atoms with Gasteiger partial charge < -0.3 is 9.47 Å². The van der Waals surface area contributed by atoms with Gasteiger partial charge in [0.25, 0.3) is 0 Å². The van der Waals surface area contributed by atoms with Crippen molar-refractivity contribution in [1.82, 2.24) is 0 Å². The van der Waals surface area contributed by atoms with Gasteiger partial charge in [0.05, 0.1) is 24.2 Å². The highest BCUT2D eigenvalue weighted by Gasteiger charge is 2.13. The lowest BCUT2D eigenvalue weighted by molar-refractivity contribution is 0.102. The summed E-state index contributed by atoms with van der Waals surface area (Å²) in [5.41, 5.74) is 0.928. The van der Waals surface area contributed by atoms with Crippen LogP contribution in [-0.2, 0) is 0 Å². The molecule has 0 aromatic heterocycles. The summed E-state index contributed by atoms with van der Waals surface area (Å²) in [6.07, 6.45) is 0. The molecule has 0 atom stereocenters. The molecule has 15 heavy (non-hydrogen) atoms. The van der Waals surface area contributed by atoms with Crippen LogP contribution in [0.3, 0.4) is 0 Å². The van der Waals surface area contributed by atoms with Crippen molar-refractivity contribution in [2.24, 2.45) is 0 Å². The van der Waals surface area contributed by atoms with Crippen molar-refractivity contribution >= 4 is 41.7 Å². The second-order valence-corrected chi connectivity index (χ2v) is 3.61. The first-order chi connectivity index (χ1) is 7.13. The monoisotopic (exact) mass is 316 g/mol. The van der Waals surface area contributed by atoms with Crippen LogP contribution in [0.1, 0.15) is 10.4 Å². The van der Waals surface area contributed by atoms with Crippen LogP contribution in [-0.4, -0.2) is 32.3 Å². The second kappa shape index (κ2) is 5.39. The maximum atomic E-state index is 11.6. The number of hydrogen-bond donors (Lipinski definition) is 0. The first-order valence-electron chi connectivity index (χ1n) is 4.24. The molecule has 78 valence electrons. The van der Waals surface area contributed by atoms with Crippen LogP contribution in [0, 0.1) is 0 Å². The molecule has 5 heteroatoms. The normalized spacial score (nSPS) is 9.80. The molecule has 0 heterocycles. The van der Waals surface area contributed by atoms with Gasteiger partial charge in [-0.3, -0.25) is 4.79 Å². The van der Waals surface area contributed by atoms with Gasteiger partial charge in [0.15, 0.2) is 5.78 Å². The summed E-state index contributed by atoms with van der Waals surface area (Å²) in [5.74, 6) is 0.987. The third-order valence-electron chi connectivity index (χ3n) is 1.97. The number of benzene rings is 1. The maximum Gasteiger partial charge on any atom is 0.176 e. The number of hydrogen-bond acceptors (Lipinski definition) is 3. The lowest BCUT2D eigenvalue weighted by Crippen LogP contribution is -2.13. The lowest BCUT2D eigenvalue weighted by atomic mass is 9.91. The summed E-state index contributed by atoms with van der Waals surface area (Å²) in [5, 5.41) is 0. The third kappa shape index (κ3) is 2.65. The fraction of sp³-hybridized carbons (Fsp3) is 0.300. The highest BCUT2D eigenvalue weighted by atomic mass is 127. The van der Waals surface area contributed by atoms with E-state index in [1.807, 2.05) is 22.6 Å². The van der Waals surface area contributed by atoms with Gasteiger partial charge in [0, 0.05) is 6.07 Å². The molecule has 1 rings (SSSR count). The Labute approximate surface area is 104 Å². The van der Waals surface area contributed by atoms with E-state index in [2.05, 4.69) is 0 Å². The molecule has 0 aliphatic carbocycles. The molecule has 0 spiro atoms. The van der Waals surface area contributed by atoms with Gasteiger partial charge in [-0.25, -0.2) is 0 Å². The molecule has 0 bridgehead atoms. The fourth-order valence-electron chi connectivity index (χ4n) is 1.21. The average Bonchev–Trinajstić information content (AvgIpc) is 2.27. The van der Waals surface area contributed by atoms with Gasteiger partial charge in [-0.15, -0.1) is 0 Å². The summed E-state index contributed by atoms with van der Waals surface area (Å²) in [7, 11) is 8.74. The summed E-state index contributed by atoms with van der Waals surface area (Å²) < 4.78 is 10.5. The molecule has 0 saturated carbocycles. The molecule has 0 fully saturated rings. The minimum Gasteiger partial charge on any atom is -0.497 e. The van der Waals surface area contributed by atoms with E-state index in [0.717, 1.165) is 0 Å². The number of methoxy groups -OCH3 is 2. The van der Waals surface area contributed by atoms with E-state index < -0.39 is 0 Å². The third-order valence-corrected chi connectivity index (χ3v) is 2.67. The smallest absolute Gasteiger partial charge is 0.176 e. The number of Topliss-reactive ketones (excluding diaryl/α,β-unsaturated/α-hetero) is 1. The summed E-state index contributed by atoms with van der Waals surface area (Å²) in [4.78, 5) is 11.6. The number of carbonyl (C=O) groups is 1. The van der Waals surface area contributed by atoms with Gasteiger partial charge in [-0.2, -0.15) is 0 Å². The Morgan fingerprint density at radius 1 is 1.33 bits per heavy atom. The van der Waals surface area contributed by atoms with Gasteiger partial charge in [0.1, 0.15) is 19.3 Å². The van der Waals surface area contributed by atoms with Gasteiger partial charge in [-0.05, 0) is 0 Å². The van der Waals surface area contributed by atoms with Crippen molar-refractivity contribution in [1.29, 1.82) is 0 Å². The number of carbonyl (C=O) groups excluding carboxylic acids is 1. The first kappa shape index (κ1) is 12.4. The summed E-state index contributed by atoms with van der Waals surface area (Å²) in [6, 6.07) is 3.20. The zero-order chi connectivity index (χ0) is 11.4. The Hall–Kier alpha value is -0.715. The van der Waals surface area contributed by atoms with Crippen molar-refractivity contribution in [2.75, 3.05) is 18.6 Å². The van der Waals surface area contributed by atoms with Crippen molar-refractivity contribution < 1.29 is 14.3 Å². The van der Waals surface area contributed by atoms with E-state index in [4.69, 9.17) is 17.3 Å². The predicted molar refractivity (Wildman–Crippen MR) is 68.2 cm³/mol. The molecule has 1 aromatic carbocycles. The van der Waals surface area contributed by atoms with Gasteiger partial charge >= 0.3 is 0 Å². The number of halogens is 1. The van der Waals surface area contributed by atoms with Crippen LogP contribution < -0.4 is 14.9 Å². The van der Waals surface area contributed by atoms with Crippen molar-refractivity contribution in [2.45, 2.75) is 0 Å². The number of alkyl halides is 1. The Morgan fingerprint density at radius 2 is 1.93 bits per heavy atom. The predicted octanol–water partition coefficient (Wildman–Crippen LogP) is 1.12. The molecule has 0 aliphatic rings. The SMILES string of the molecule is [B]c1cc(C(=O)CI)c(OC)cc1OC. The number of rotatable bonds is 4. The number of ether oxygens (including phenoxy) is 2. The largest absolute Gasteiger partial charge is 0.497 e. The molecule has 0 amide bonds. The van der Waals surface area contributed by atoms with Crippen molar-refractivity contribution in [3.8, 4) is 11.5 Å². The van der Waals surface area contributed by atoms with Crippen LogP contribution in [0.25, 0.3) is 0 Å². The Kier molecular flexibility index (Phi) is 4.44. The fourth-order valence-corrected chi connectivity index (χ4v) is 1.62. The van der Waals surface area contributed by atoms with Crippen LogP contribution in [0.2, 0.25) is 0 Å². The molecule has 0 N–H and O–H groups in total. The van der Waals surface area contributed by atoms with Gasteiger partial charge in [0.2, 0.25) is 0 Å². The van der Waals surface area contributed by atoms with Crippen LogP contribution >= 0.6 is 22.6 Å². The molecule has 1 aromatic rings. The Bertz CT molecular complexity index is 379. The van der Waals surface area contributed by atoms with Crippen LogP contribution in [0.5, 0.6) is 11.5 Å². The number of ketones is 1. The molecule has 0 saturated heterocycles. The van der Waals surface area contributed by atoms with E-state index in [1.165, 1.54) is 14.2 Å². The van der Waals surface area contributed by atoms with E-state index in [0.29, 0.717) is 27.0 Å². The highest BCUT2D eigenvalue weighted by Crippen LogP contribution is 2.23. The molecule has 3 nitrogen and oxygen atoms in total. The molecule has 2 radical (unpaired) electrons. The Morgan fingerprint density at radius 3 is 2.40 bits per heavy atom. The topological polar surface area (TPSA) is 35.5 Å². The Balaban J connectivity index is 3.27. The first-order valence-corrected chi connectivity index (χ1v) is 5.77. The lowest BCUT2D eigenvalue weighted by Gasteiger charge is -2.11. The molecule has 0 aliphatic heterocycles. The quantitative estimate of drug-likeness (QED) is 0.361. The minimum atomic E-state index is -0.0122. The zero-order valence-electron chi connectivity index (χ0n) is 8.54. The van der Waals surface area contributed by atoms with Crippen LogP contribution in [0.15, 0.2) is 12.1 Å². The maximum absolute atomic E-state index is 11.6. The molecule has 0 unspecified atom stereocenters. The average molecular weight is 316 g/mol. The zero-order valence-corrected chi connectivity index (χ0v) is 10.7. The molecular weight excluding hydrogens is 306 g/mol. The summed E-state index contributed by atoms with van der Waals surface area (Å²) in [6.45, 7) is 0. The van der Waals surface area contributed by atoms with E-state index in [9.17, 15) is 4.79 Å².